The van der Waals surface area contributed by atoms with Gasteiger partial charge in [-0.25, -0.2) is 0 Å². The van der Waals surface area contributed by atoms with E-state index in [2.05, 4.69) is 17.2 Å². The van der Waals surface area contributed by atoms with Crippen molar-refractivity contribution >= 4 is 5.69 Å². The molecule has 1 aromatic heterocycles. The van der Waals surface area contributed by atoms with E-state index < -0.39 is 0 Å². The van der Waals surface area contributed by atoms with Crippen LogP contribution in [0, 0.1) is 0 Å². The van der Waals surface area contributed by atoms with Crippen LogP contribution < -0.4 is 5.73 Å². The van der Waals surface area contributed by atoms with Crippen LogP contribution >= 0.6 is 0 Å². The maximum absolute atomic E-state index is 6.16. The Balaban J connectivity index is 1.83. The van der Waals surface area contributed by atoms with Crippen LogP contribution in [0.3, 0.4) is 0 Å². The van der Waals surface area contributed by atoms with Crippen LogP contribution in [0.4, 0.5) is 5.69 Å². The Labute approximate surface area is 97.3 Å². The highest BCUT2D eigenvalue weighted by molar-refractivity contribution is 5.47. The number of pyridine rings is 1. The molecule has 2 fully saturated rings. The van der Waals surface area contributed by atoms with E-state index >= 15 is 0 Å². The fourth-order valence-electron chi connectivity index (χ4n) is 3.01. The summed E-state index contributed by atoms with van der Waals surface area (Å²) in [5, 5.41) is 0. The molecule has 0 unspecified atom stereocenters. The van der Waals surface area contributed by atoms with Crippen molar-refractivity contribution in [3.05, 3.63) is 23.5 Å². The lowest BCUT2D eigenvalue weighted by Gasteiger charge is -2.26. The normalized spacial score (nSPS) is 22.2. The number of hydrogen-bond acceptors (Lipinski definition) is 2. The number of nitrogens with zero attached hydrogens (tertiary/aromatic N) is 1. The highest BCUT2D eigenvalue weighted by Gasteiger charge is 2.23. The van der Waals surface area contributed by atoms with Gasteiger partial charge in [-0.2, -0.15) is 0 Å². The maximum atomic E-state index is 6.16. The molecule has 86 valence electrons. The topological polar surface area (TPSA) is 38.9 Å². The lowest BCUT2D eigenvalue weighted by molar-refractivity contribution is 0.418. The van der Waals surface area contributed by atoms with E-state index in [0.717, 1.165) is 11.6 Å². The predicted molar refractivity (Wildman–Crippen MR) is 66.5 cm³/mol. The molecule has 0 spiro atoms. The number of rotatable bonds is 2. The zero-order valence-corrected chi connectivity index (χ0v) is 9.78. The van der Waals surface area contributed by atoms with Gasteiger partial charge < -0.3 is 5.73 Å². The van der Waals surface area contributed by atoms with Crippen LogP contribution in [0.25, 0.3) is 0 Å². The third kappa shape index (κ3) is 1.70. The molecular formula is C14H20N2. The summed E-state index contributed by atoms with van der Waals surface area (Å²) in [5.41, 5.74) is 9.63. The number of aromatic nitrogens is 1. The predicted octanol–water partition coefficient (Wildman–Crippen LogP) is 3.59. The van der Waals surface area contributed by atoms with E-state index in [9.17, 15) is 0 Å². The number of nitrogen functional groups attached to an aromatic ring is 1. The molecule has 0 amide bonds. The van der Waals surface area contributed by atoms with Crippen molar-refractivity contribution in [1.29, 1.82) is 0 Å². The SMILES string of the molecule is Nc1cc(C2CCC2)cnc1C1CCCC1. The van der Waals surface area contributed by atoms with Crippen LogP contribution in [-0.2, 0) is 0 Å². The summed E-state index contributed by atoms with van der Waals surface area (Å²) in [4.78, 5) is 4.64. The lowest BCUT2D eigenvalue weighted by Crippen LogP contribution is -2.11. The quantitative estimate of drug-likeness (QED) is 0.820. The van der Waals surface area contributed by atoms with Crippen LogP contribution in [0.2, 0.25) is 0 Å². The van der Waals surface area contributed by atoms with Gasteiger partial charge in [0.1, 0.15) is 0 Å². The van der Waals surface area contributed by atoms with Crippen LogP contribution in [0.15, 0.2) is 12.3 Å². The number of anilines is 1. The van der Waals surface area contributed by atoms with E-state index in [-0.39, 0.29) is 0 Å². The van der Waals surface area contributed by atoms with Gasteiger partial charge in [0.2, 0.25) is 0 Å². The fraction of sp³-hybridized carbons (Fsp3) is 0.643. The van der Waals surface area contributed by atoms with E-state index in [4.69, 9.17) is 5.73 Å². The van der Waals surface area contributed by atoms with Gasteiger partial charge in [0.05, 0.1) is 11.4 Å². The molecule has 16 heavy (non-hydrogen) atoms. The van der Waals surface area contributed by atoms with Gasteiger partial charge in [-0.15, -0.1) is 0 Å². The largest absolute Gasteiger partial charge is 0.397 e. The molecule has 2 aliphatic rings. The molecule has 0 aromatic carbocycles. The van der Waals surface area contributed by atoms with Gasteiger partial charge in [-0.05, 0) is 43.2 Å². The minimum absolute atomic E-state index is 0.635. The molecule has 3 rings (SSSR count). The summed E-state index contributed by atoms with van der Waals surface area (Å²) in [6.45, 7) is 0. The Morgan fingerprint density at radius 1 is 1.00 bits per heavy atom. The minimum atomic E-state index is 0.635. The first-order valence-corrected chi connectivity index (χ1v) is 6.60. The third-order valence-electron chi connectivity index (χ3n) is 4.29. The van der Waals surface area contributed by atoms with Crippen LogP contribution in [0.5, 0.6) is 0 Å². The standard InChI is InChI=1S/C14H20N2/c15-13-8-12(10-6-3-7-10)9-16-14(13)11-4-1-2-5-11/h8-11H,1-7,15H2. The third-order valence-corrected chi connectivity index (χ3v) is 4.29. The monoisotopic (exact) mass is 216 g/mol. The van der Waals surface area contributed by atoms with Gasteiger partial charge in [0.15, 0.2) is 0 Å². The molecule has 0 aliphatic heterocycles. The van der Waals surface area contributed by atoms with Crippen molar-refractivity contribution in [2.24, 2.45) is 0 Å². The van der Waals surface area contributed by atoms with E-state index in [1.54, 1.807) is 0 Å². The molecule has 2 nitrogen and oxygen atoms in total. The summed E-state index contributed by atoms with van der Waals surface area (Å²) in [6, 6.07) is 2.18. The van der Waals surface area contributed by atoms with E-state index in [1.807, 2.05) is 0 Å². The van der Waals surface area contributed by atoms with Gasteiger partial charge in [-0.3, -0.25) is 4.98 Å². The summed E-state index contributed by atoms with van der Waals surface area (Å²) in [6.07, 6.45) is 11.3. The van der Waals surface area contributed by atoms with Crippen LogP contribution in [-0.4, -0.2) is 4.98 Å². The molecule has 2 saturated carbocycles. The van der Waals surface area contributed by atoms with Crippen molar-refractivity contribution in [1.82, 2.24) is 4.98 Å². The van der Waals surface area contributed by atoms with Crippen molar-refractivity contribution in [3.8, 4) is 0 Å². The molecule has 2 heteroatoms. The fourth-order valence-corrected chi connectivity index (χ4v) is 3.01. The van der Waals surface area contributed by atoms with Gasteiger partial charge in [-0.1, -0.05) is 19.3 Å². The Hall–Kier alpha value is -1.05. The van der Waals surface area contributed by atoms with Crippen LogP contribution in [0.1, 0.15) is 68.0 Å². The second kappa shape index (κ2) is 4.08. The van der Waals surface area contributed by atoms with E-state index in [0.29, 0.717) is 5.92 Å². The second-order valence-electron chi connectivity index (χ2n) is 5.35. The Morgan fingerprint density at radius 2 is 1.69 bits per heavy atom. The molecule has 2 N–H and O–H groups in total. The van der Waals surface area contributed by atoms with Crippen molar-refractivity contribution < 1.29 is 0 Å². The molecule has 1 heterocycles. The number of nitrogens with two attached hydrogens (primary N) is 1. The smallest absolute Gasteiger partial charge is 0.0663 e. The first kappa shape index (κ1) is 10.1. The molecule has 0 saturated heterocycles. The average molecular weight is 216 g/mol. The molecule has 2 aliphatic carbocycles. The van der Waals surface area contributed by atoms with E-state index in [1.165, 1.54) is 56.2 Å². The Kier molecular flexibility index (Phi) is 2.58. The summed E-state index contributed by atoms with van der Waals surface area (Å²) < 4.78 is 0. The van der Waals surface area contributed by atoms with Crippen molar-refractivity contribution in [2.75, 3.05) is 5.73 Å². The molecule has 0 atom stereocenters. The van der Waals surface area contributed by atoms with Crippen molar-refractivity contribution in [2.45, 2.75) is 56.8 Å². The zero-order valence-electron chi connectivity index (χ0n) is 9.78. The molecule has 0 radical (unpaired) electrons. The zero-order chi connectivity index (χ0) is 11.0. The maximum Gasteiger partial charge on any atom is 0.0663 e. The second-order valence-corrected chi connectivity index (χ2v) is 5.35. The molecule has 0 bridgehead atoms. The van der Waals surface area contributed by atoms with Gasteiger partial charge in [0, 0.05) is 12.1 Å². The van der Waals surface area contributed by atoms with Crippen molar-refractivity contribution in [3.63, 3.8) is 0 Å². The highest BCUT2D eigenvalue weighted by Crippen LogP contribution is 2.39. The highest BCUT2D eigenvalue weighted by atomic mass is 14.7. The number of hydrogen-bond donors (Lipinski definition) is 1. The Bertz CT molecular complexity index is 376. The summed E-state index contributed by atoms with van der Waals surface area (Å²) >= 11 is 0. The minimum Gasteiger partial charge on any atom is -0.397 e. The summed E-state index contributed by atoms with van der Waals surface area (Å²) in [7, 11) is 0. The van der Waals surface area contributed by atoms with Gasteiger partial charge in [0.25, 0.3) is 0 Å². The lowest BCUT2D eigenvalue weighted by atomic mass is 9.80. The average Bonchev–Trinajstić information content (AvgIpc) is 2.68. The Morgan fingerprint density at radius 3 is 2.25 bits per heavy atom. The van der Waals surface area contributed by atoms with Gasteiger partial charge >= 0.3 is 0 Å². The first-order valence-electron chi connectivity index (χ1n) is 6.60. The first-order chi connectivity index (χ1) is 7.84. The molecule has 1 aromatic rings. The summed E-state index contributed by atoms with van der Waals surface area (Å²) in [5.74, 6) is 1.38. The molecular weight excluding hydrogens is 196 g/mol.